The lowest BCUT2D eigenvalue weighted by Gasteiger charge is -2.07. The molecule has 2 heterocycles. The minimum absolute atomic E-state index is 0.419. The average molecular weight is 246 g/mol. The number of guanidine groups is 1. The van der Waals surface area contributed by atoms with Gasteiger partial charge in [0.05, 0.1) is 0 Å². The van der Waals surface area contributed by atoms with Crippen molar-refractivity contribution in [3.05, 3.63) is 30.2 Å². The summed E-state index contributed by atoms with van der Waals surface area (Å²) < 4.78 is 1.90. The van der Waals surface area contributed by atoms with Gasteiger partial charge in [-0.2, -0.15) is 0 Å². The molecule has 2 aromatic heterocycles. The minimum atomic E-state index is 0.419. The highest BCUT2D eigenvalue weighted by Gasteiger charge is 2.03. The van der Waals surface area contributed by atoms with Crippen LogP contribution in [0, 0.1) is 5.92 Å². The molecule has 0 unspecified atom stereocenters. The lowest BCUT2D eigenvalue weighted by Crippen LogP contribution is -2.34. The number of nitrogens with two attached hydrogens (primary N) is 1. The van der Waals surface area contributed by atoms with Gasteiger partial charge in [0.15, 0.2) is 17.4 Å². The van der Waals surface area contributed by atoms with E-state index in [1.54, 1.807) is 0 Å². The summed E-state index contributed by atoms with van der Waals surface area (Å²) >= 11 is 0. The van der Waals surface area contributed by atoms with Crippen LogP contribution in [0.15, 0.2) is 29.4 Å². The monoisotopic (exact) mass is 246 g/mol. The van der Waals surface area contributed by atoms with Crippen LogP contribution < -0.4 is 11.1 Å². The highest BCUT2D eigenvalue weighted by molar-refractivity contribution is 5.77. The summed E-state index contributed by atoms with van der Waals surface area (Å²) in [4.78, 5) is 4.25. The molecule has 18 heavy (non-hydrogen) atoms. The van der Waals surface area contributed by atoms with Crippen LogP contribution >= 0.6 is 0 Å². The largest absolute Gasteiger partial charge is 0.370 e. The van der Waals surface area contributed by atoms with Crippen molar-refractivity contribution in [2.75, 3.05) is 6.54 Å². The van der Waals surface area contributed by atoms with E-state index in [1.807, 2.05) is 28.8 Å². The summed E-state index contributed by atoms with van der Waals surface area (Å²) in [6.07, 6.45) is 1.91. The van der Waals surface area contributed by atoms with Crippen LogP contribution in [0.3, 0.4) is 0 Å². The molecular formula is C12H18N6. The molecule has 0 radical (unpaired) electrons. The molecule has 0 aliphatic rings. The maximum Gasteiger partial charge on any atom is 0.189 e. The maximum atomic E-state index is 5.76. The third kappa shape index (κ3) is 2.97. The second-order valence-electron chi connectivity index (χ2n) is 4.52. The van der Waals surface area contributed by atoms with Gasteiger partial charge in [0.2, 0.25) is 0 Å². The third-order valence-corrected chi connectivity index (χ3v) is 2.47. The quantitative estimate of drug-likeness (QED) is 0.617. The summed E-state index contributed by atoms with van der Waals surface area (Å²) in [6.45, 7) is 5.47. The van der Waals surface area contributed by atoms with Crippen LogP contribution in [0.2, 0.25) is 0 Å². The van der Waals surface area contributed by atoms with Gasteiger partial charge in [0.1, 0.15) is 6.54 Å². The van der Waals surface area contributed by atoms with E-state index in [-0.39, 0.29) is 0 Å². The zero-order valence-electron chi connectivity index (χ0n) is 10.7. The number of nitrogens with zero attached hydrogens (tertiary/aromatic N) is 4. The highest BCUT2D eigenvalue weighted by Crippen LogP contribution is 2.03. The fraction of sp³-hybridized carbons (Fsp3) is 0.417. The molecule has 0 spiro atoms. The van der Waals surface area contributed by atoms with Gasteiger partial charge in [-0.1, -0.05) is 19.9 Å². The predicted molar refractivity (Wildman–Crippen MR) is 71.2 cm³/mol. The van der Waals surface area contributed by atoms with Crippen LogP contribution in [0.4, 0.5) is 0 Å². The van der Waals surface area contributed by atoms with Crippen molar-refractivity contribution in [2.24, 2.45) is 16.6 Å². The third-order valence-electron chi connectivity index (χ3n) is 2.47. The summed E-state index contributed by atoms with van der Waals surface area (Å²) in [5.41, 5.74) is 6.58. The van der Waals surface area contributed by atoms with Gasteiger partial charge in [-0.05, 0) is 18.1 Å². The maximum absolute atomic E-state index is 5.76. The Kier molecular flexibility index (Phi) is 3.76. The number of fused-ring (bicyclic) bond motifs is 1. The lowest BCUT2D eigenvalue weighted by molar-refractivity contribution is 0.621. The van der Waals surface area contributed by atoms with Crippen molar-refractivity contribution >= 4 is 11.6 Å². The molecular weight excluding hydrogens is 228 g/mol. The summed E-state index contributed by atoms with van der Waals surface area (Å²) in [5, 5.41) is 11.2. The SMILES string of the molecule is CC(C)CNC(N)=NCc1nnc2ccccn12. The van der Waals surface area contributed by atoms with Crippen LogP contribution in [0.1, 0.15) is 19.7 Å². The molecule has 6 heteroatoms. The molecule has 0 aliphatic heterocycles. The smallest absolute Gasteiger partial charge is 0.189 e. The number of aromatic nitrogens is 3. The first kappa shape index (κ1) is 12.3. The first-order chi connectivity index (χ1) is 8.66. The van der Waals surface area contributed by atoms with Crippen molar-refractivity contribution in [3.8, 4) is 0 Å². The Hall–Kier alpha value is -2.11. The molecule has 3 N–H and O–H groups in total. The number of aliphatic imine (C=N–C) groups is 1. The fourth-order valence-corrected chi connectivity index (χ4v) is 1.52. The van der Waals surface area contributed by atoms with Crippen LogP contribution in [0.25, 0.3) is 5.65 Å². The molecule has 0 aliphatic carbocycles. The molecule has 0 bridgehead atoms. The molecule has 0 amide bonds. The molecule has 0 fully saturated rings. The molecule has 0 saturated heterocycles. The van der Waals surface area contributed by atoms with E-state index in [4.69, 9.17) is 5.73 Å². The van der Waals surface area contributed by atoms with Crippen LogP contribution in [0.5, 0.6) is 0 Å². The second-order valence-corrected chi connectivity index (χ2v) is 4.52. The Balaban J connectivity index is 2.03. The number of nitrogens with one attached hydrogen (secondary N) is 1. The van der Waals surface area contributed by atoms with Crippen molar-refractivity contribution in [1.82, 2.24) is 19.9 Å². The Morgan fingerprint density at radius 2 is 2.28 bits per heavy atom. The first-order valence-corrected chi connectivity index (χ1v) is 5.99. The van der Waals surface area contributed by atoms with E-state index in [9.17, 15) is 0 Å². The Labute approximate surface area is 106 Å². The van der Waals surface area contributed by atoms with E-state index in [0.29, 0.717) is 18.4 Å². The Morgan fingerprint density at radius 3 is 3.06 bits per heavy atom. The highest BCUT2D eigenvalue weighted by atomic mass is 15.3. The van der Waals surface area contributed by atoms with Crippen LogP contribution in [-0.2, 0) is 6.54 Å². The van der Waals surface area contributed by atoms with Gasteiger partial charge in [-0.15, -0.1) is 10.2 Å². The van der Waals surface area contributed by atoms with E-state index in [0.717, 1.165) is 18.0 Å². The van der Waals surface area contributed by atoms with Gasteiger partial charge in [-0.3, -0.25) is 4.40 Å². The lowest BCUT2D eigenvalue weighted by atomic mass is 10.2. The molecule has 0 atom stereocenters. The summed E-state index contributed by atoms with van der Waals surface area (Å²) in [5.74, 6) is 1.75. The van der Waals surface area contributed by atoms with Gasteiger partial charge in [0, 0.05) is 12.7 Å². The normalized spacial score (nSPS) is 12.3. The fourth-order valence-electron chi connectivity index (χ4n) is 1.52. The zero-order valence-corrected chi connectivity index (χ0v) is 10.7. The van der Waals surface area contributed by atoms with E-state index >= 15 is 0 Å². The van der Waals surface area contributed by atoms with Crippen molar-refractivity contribution in [2.45, 2.75) is 20.4 Å². The number of hydrogen-bond acceptors (Lipinski definition) is 3. The van der Waals surface area contributed by atoms with E-state index < -0.39 is 0 Å². The second kappa shape index (κ2) is 5.48. The minimum Gasteiger partial charge on any atom is -0.370 e. The standard InChI is InChI=1S/C12H18N6/c1-9(2)7-14-12(13)15-8-11-17-16-10-5-3-4-6-18(10)11/h3-6,9H,7-8H2,1-2H3,(H3,13,14,15). The van der Waals surface area contributed by atoms with E-state index in [1.165, 1.54) is 0 Å². The Bertz CT molecular complexity index is 542. The van der Waals surface area contributed by atoms with E-state index in [2.05, 4.69) is 34.4 Å². The Morgan fingerprint density at radius 1 is 1.44 bits per heavy atom. The number of hydrogen-bond donors (Lipinski definition) is 2. The van der Waals surface area contributed by atoms with Gasteiger partial charge >= 0.3 is 0 Å². The van der Waals surface area contributed by atoms with Gasteiger partial charge < -0.3 is 11.1 Å². The first-order valence-electron chi connectivity index (χ1n) is 5.99. The molecule has 0 aromatic carbocycles. The average Bonchev–Trinajstić information content (AvgIpc) is 2.77. The molecule has 0 saturated carbocycles. The van der Waals surface area contributed by atoms with Gasteiger partial charge in [0.25, 0.3) is 0 Å². The molecule has 2 aromatic rings. The van der Waals surface area contributed by atoms with Crippen LogP contribution in [-0.4, -0.2) is 27.1 Å². The molecule has 2 rings (SSSR count). The number of rotatable bonds is 4. The summed E-state index contributed by atoms with van der Waals surface area (Å²) in [7, 11) is 0. The van der Waals surface area contributed by atoms with Crippen molar-refractivity contribution < 1.29 is 0 Å². The van der Waals surface area contributed by atoms with Crippen molar-refractivity contribution in [1.29, 1.82) is 0 Å². The van der Waals surface area contributed by atoms with Crippen molar-refractivity contribution in [3.63, 3.8) is 0 Å². The number of pyridine rings is 1. The molecule has 96 valence electrons. The molecule has 6 nitrogen and oxygen atoms in total. The summed E-state index contributed by atoms with van der Waals surface area (Å²) in [6, 6.07) is 5.76. The van der Waals surface area contributed by atoms with Gasteiger partial charge in [-0.25, -0.2) is 4.99 Å². The predicted octanol–water partition coefficient (Wildman–Crippen LogP) is 0.790. The topological polar surface area (TPSA) is 80.6 Å². The zero-order chi connectivity index (χ0) is 13.0.